The SMILES string of the molecule is NC(N)=NCCCCC(N)CN(CC(=O)O)C(=O)Cn1ccc(=O)[nH]c1=S. The number of carboxylic acid groups (broad SMARTS) is 1. The second kappa shape index (κ2) is 11.1. The number of aromatic nitrogens is 2. The molecule has 1 rings (SSSR count). The Balaban J connectivity index is 2.64. The van der Waals surface area contributed by atoms with Gasteiger partial charge in [-0.3, -0.25) is 24.4 Å². The molecular weight excluding hydrogens is 374 g/mol. The van der Waals surface area contributed by atoms with E-state index in [1.807, 2.05) is 0 Å². The third-order valence-electron chi connectivity index (χ3n) is 3.61. The summed E-state index contributed by atoms with van der Waals surface area (Å²) in [6, 6.07) is 0.837. The van der Waals surface area contributed by atoms with E-state index in [1.165, 1.54) is 16.8 Å². The molecule has 0 bridgehead atoms. The Morgan fingerprint density at radius 3 is 2.67 bits per heavy atom. The molecule has 0 saturated carbocycles. The van der Waals surface area contributed by atoms with Crippen LogP contribution in [0.25, 0.3) is 0 Å². The number of hydrogen-bond acceptors (Lipinski definition) is 6. The molecule has 0 fully saturated rings. The van der Waals surface area contributed by atoms with Crippen LogP contribution in [0.3, 0.4) is 0 Å². The molecule has 8 N–H and O–H groups in total. The molecule has 0 aliphatic rings. The number of amides is 1. The van der Waals surface area contributed by atoms with Gasteiger partial charge >= 0.3 is 5.97 Å². The Kier molecular flexibility index (Phi) is 9.16. The number of H-pyrrole nitrogens is 1. The predicted octanol–water partition coefficient (Wildman–Crippen LogP) is -1.41. The number of hydrogen-bond donors (Lipinski definition) is 5. The smallest absolute Gasteiger partial charge is 0.323 e. The van der Waals surface area contributed by atoms with Crippen LogP contribution in [0.2, 0.25) is 0 Å². The van der Waals surface area contributed by atoms with Gasteiger partial charge in [-0.25, -0.2) is 0 Å². The van der Waals surface area contributed by atoms with Gasteiger partial charge < -0.3 is 31.8 Å². The highest BCUT2D eigenvalue weighted by Crippen LogP contribution is 2.04. The van der Waals surface area contributed by atoms with Gasteiger partial charge in [-0.05, 0) is 25.1 Å². The van der Waals surface area contributed by atoms with Gasteiger partial charge in [0.2, 0.25) is 5.91 Å². The molecular formula is C15H25N7O4S. The van der Waals surface area contributed by atoms with E-state index < -0.39 is 24.5 Å². The molecule has 1 aromatic heterocycles. The third kappa shape index (κ3) is 8.96. The number of rotatable bonds is 11. The number of nitrogens with zero attached hydrogens (tertiary/aromatic N) is 3. The molecule has 1 aromatic rings. The summed E-state index contributed by atoms with van der Waals surface area (Å²) in [5, 5.41) is 9.05. The van der Waals surface area contributed by atoms with Crippen LogP contribution in [0.15, 0.2) is 22.1 Å². The summed E-state index contributed by atoms with van der Waals surface area (Å²) in [5.74, 6) is -1.58. The summed E-state index contributed by atoms with van der Waals surface area (Å²) < 4.78 is 1.43. The minimum absolute atomic E-state index is 0.0263. The van der Waals surface area contributed by atoms with Crippen molar-refractivity contribution in [3.8, 4) is 0 Å². The molecule has 12 heteroatoms. The number of carbonyl (C=O) groups excluding carboxylic acids is 1. The predicted molar refractivity (Wildman–Crippen MR) is 103 cm³/mol. The maximum atomic E-state index is 12.5. The normalized spacial score (nSPS) is 11.6. The van der Waals surface area contributed by atoms with E-state index in [4.69, 9.17) is 34.5 Å². The topological polar surface area (TPSA) is 186 Å². The van der Waals surface area contributed by atoms with E-state index in [9.17, 15) is 14.4 Å². The monoisotopic (exact) mass is 399 g/mol. The first-order valence-corrected chi connectivity index (χ1v) is 8.70. The van der Waals surface area contributed by atoms with Crippen LogP contribution in [0.1, 0.15) is 19.3 Å². The Hall–Kier alpha value is -2.73. The van der Waals surface area contributed by atoms with Gasteiger partial charge in [0.1, 0.15) is 13.1 Å². The van der Waals surface area contributed by atoms with Crippen molar-refractivity contribution >= 4 is 30.1 Å². The van der Waals surface area contributed by atoms with Crippen molar-refractivity contribution < 1.29 is 14.7 Å². The summed E-state index contributed by atoms with van der Waals surface area (Å²) in [4.78, 5) is 42.2. The number of carboxylic acids is 1. The van der Waals surface area contributed by atoms with Gasteiger partial charge in [-0.15, -0.1) is 0 Å². The first-order valence-electron chi connectivity index (χ1n) is 8.29. The minimum atomic E-state index is -1.15. The van der Waals surface area contributed by atoms with E-state index in [2.05, 4.69) is 9.98 Å². The van der Waals surface area contributed by atoms with Crippen molar-refractivity contribution in [2.45, 2.75) is 31.8 Å². The van der Waals surface area contributed by atoms with Gasteiger partial charge in [0.15, 0.2) is 10.7 Å². The number of aliphatic carboxylic acids is 1. The highest BCUT2D eigenvalue weighted by atomic mass is 32.1. The van der Waals surface area contributed by atoms with Crippen LogP contribution >= 0.6 is 12.2 Å². The van der Waals surface area contributed by atoms with Crippen LogP contribution in [-0.2, 0) is 16.1 Å². The fourth-order valence-electron chi connectivity index (χ4n) is 2.33. The van der Waals surface area contributed by atoms with Crippen LogP contribution < -0.4 is 22.8 Å². The number of guanidine groups is 1. The molecule has 27 heavy (non-hydrogen) atoms. The lowest BCUT2D eigenvalue weighted by Crippen LogP contribution is -2.45. The Bertz CT molecular complexity index is 785. The van der Waals surface area contributed by atoms with Gasteiger partial charge in [0, 0.05) is 31.4 Å². The lowest BCUT2D eigenvalue weighted by Gasteiger charge is -2.24. The summed E-state index contributed by atoms with van der Waals surface area (Å²) in [5.41, 5.74) is 16.1. The van der Waals surface area contributed by atoms with Crippen molar-refractivity contribution in [1.82, 2.24) is 14.5 Å². The van der Waals surface area contributed by atoms with Crippen LogP contribution in [0.5, 0.6) is 0 Å². The maximum absolute atomic E-state index is 12.5. The minimum Gasteiger partial charge on any atom is -0.480 e. The van der Waals surface area contributed by atoms with Crippen LogP contribution in [0, 0.1) is 4.77 Å². The Morgan fingerprint density at radius 2 is 2.07 bits per heavy atom. The molecule has 1 atom stereocenters. The van der Waals surface area contributed by atoms with Crippen molar-refractivity contribution in [2.24, 2.45) is 22.2 Å². The van der Waals surface area contributed by atoms with Crippen molar-refractivity contribution in [3.05, 3.63) is 27.4 Å². The lowest BCUT2D eigenvalue weighted by molar-refractivity contribution is -0.144. The molecule has 11 nitrogen and oxygen atoms in total. The Morgan fingerprint density at radius 1 is 1.37 bits per heavy atom. The van der Waals surface area contributed by atoms with Crippen molar-refractivity contribution in [3.63, 3.8) is 0 Å². The van der Waals surface area contributed by atoms with E-state index in [1.54, 1.807) is 0 Å². The third-order valence-corrected chi connectivity index (χ3v) is 3.95. The summed E-state index contributed by atoms with van der Waals surface area (Å²) in [7, 11) is 0. The Labute approximate surface area is 160 Å². The first-order chi connectivity index (χ1) is 12.7. The second-order valence-corrected chi connectivity index (χ2v) is 6.36. The largest absolute Gasteiger partial charge is 0.480 e. The number of unbranched alkanes of at least 4 members (excludes halogenated alkanes) is 1. The fraction of sp³-hybridized carbons (Fsp3) is 0.533. The number of nitrogens with two attached hydrogens (primary N) is 3. The second-order valence-electron chi connectivity index (χ2n) is 5.97. The highest BCUT2D eigenvalue weighted by molar-refractivity contribution is 7.71. The molecule has 150 valence electrons. The van der Waals surface area contributed by atoms with E-state index >= 15 is 0 Å². The van der Waals surface area contributed by atoms with E-state index in [0.717, 1.165) is 17.7 Å². The zero-order chi connectivity index (χ0) is 20.4. The van der Waals surface area contributed by atoms with Gasteiger partial charge in [0.25, 0.3) is 5.56 Å². The zero-order valence-electron chi connectivity index (χ0n) is 14.8. The quantitative estimate of drug-likeness (QED) is 0.130. The summed E-state index contributed by atoms with van der Waals surface area (Å²) >= 11 is 4.99. The molecule has 1 amide bonds. The number of nitrogens with one attached hydrogen (secondary N) is 1. The molecule has 0 saturated heterocycles. The van der Waals surface area contributed by atoms with Crippen molar-refractivity contribution in [2.75, 3.05) is 19.6 Å². The molecule has 0 aromatic carbocycles. The highest BCUT2D eigenvalue weighted by Gasteiger charge is 2.20. The molecule has 0 spiro atoms. The van der Waals surface area contributed by atoms with Crippen molar-refractivity contribution in [1.29, 1.82) is 0 Å². The molecule has 0 aliphatic heterocycles. The molecule has 1 unspecified atom stereocenters. The molecule has 0 aliphatic carbocycles. The van der Waals surface area contributed by atoms with E-state index in [0.29, 0.717) is 13.0 Å². The van der Waals surface area contributed by atoms with Crippen LogP contribution in [0.4, 0.5) is 0 Å². The van der Waals surface area contributed by atoms with Gasteiger partial charge in [0.05, 0.1) is 0 Å². The number of aromatic amines is 1. The number of aliphatic imine (C=N–C) groups is 1. The zero-order valence-corrected chi connectivity index (χ0v) is 15.7. The number of carbonyl (C=O) groups is 2. The van der Waals surface area contributed by atoms with Gasteiger partial charge in [-0.2, -0.15) is 0 Å². The first kappa shape index (κ1) is 22.3. The van der Waals surface area contributed by atoms with Gasteiger partial charge in [-0.1, -0.05) is 6.42 Å². The maximum Gasteiger partial charge on any atom is 0.323 e. The van der Waals surface area contributed by atoms with E-state index in [-0.39, 0.29) is 29.4 Å². The summed E-state index contributed by atoms with van der Waals surface area (Å²) in [6.45, 7) is -0.0985. The molecule has 0 radical (unpaired) electrons. The summed E-state index contributed by atoms with van der Waals surface area (Å²) in [6.07, 6.45) is 3.42. The van der Waals surface area contributed by atoms with Crippen LogP contribution in [-0.4, -0.2) is 63.1 Å². The average molecular weight is 399 g/mol. The molecule has 1 heterocycles. The standard InChI is InChI=1S/C15H25N7O4S/c16-10(3-1-2-5-19-14(17)18)7-22(9-13(25)26)12(24)8-21-6-4-11(23)20-15(21)27/h4,6,10H,1-3,5,7-9,16H2,(H,25,26)(H4,17,18,19)(H,20,23,27). The average Bonchev–Trinajstić information content (AvgIpc) is 2.55. The lowest BCUT2D eigenvalue weighted by atomic mass is 10.1. The fourth-order valence-corrected chi connectivity index (χ4v) is 2.56.